The highest BCUT2D eigenvalue weighted by Gasteiger charge is 2.04. The second-order valence-electron chi connectivity index (χ2n) is 12.7. The molecule has 10 rings (SSSR count). The lowest BCUT2D eigenvalue weighted by atomic mass is 10.2. The molecule has 15 nitrogen and oxygen atoms in total. The van der Waals surface area contributed by atoms with E-state index < -0.39 is 11.2 Å². The van der Waals surface area contributed by atoms with Crippen molar-refractivity contribution in [1.82, 2.24) is 63.4 Å². The maximum Gasteiger partial charge on any atom is 0.327 e. The highest BCUT2D eigenvalue weighted by molar-refractivity contribution is 6.31. The second-order valence-corrected chi connectivity index (χ2v) is 13.6. The van der Waals surface area contributed by atoms with E-state index in [1.807, 2.05) is 136 Å². The van der Waals surface area contributed by atoms with Crippen LogP contribution in [0.5, 0.6) is 0 Å². The highest BCUT2D eigenvalue weighted by atomic mass is 35.5. The first-order chi connectivity index (χ1) is 27.4. The van der Waals surface area contributed by atoms with Crippen molar-refractivity contribution in [2.45, 2.75) is 13.8 Å². The summed E-state index contributed by atoms with van der Waals surface area (Å²) in [5.74, 6) is 2.84. The monoisotopic (exact) mass is 803 g/mol. The third-order valence-corrected chi connectivity index (χ3v) is 9.19. The molecule has 6 aromatic heterocycles. The Morgan fingerprint density at radius 3 is 1.96 bits per heavy atom. The summed E-state index contributed by atoms with van der Waals surface area (Å²) < 4.78 is 7.78. The quantitative estimate of drug-likeness (QED) is 0.158. The molecule has 0 bridgehead atoms. The summed E-state index contributed by atoms with van der Waals surface area (Å²) >= 11 is 11.6. The molecule has 0 radical (unpaired) electrons. The smallest absolute Gasteiger partial charge is 0.327 e. The van der Waals surface area contributed by atoms with Gasteiger partial charge in [-0.1, -0.05) is 65.7 Å². The van der Waals surface area contributed by atoms with Crippen LogP contribution in [0, 0.1) is 13.8 Å². The zero-order valence-corrected chi connectivity index (χ0v) is 33.4. The van der Waals surface area contributed by atoms with Crippen molar-refractivity contribution < 1.29 is 0 Å². The van der Waals surface area contributed by atoms with E-state index in [9.17, 15) is 9.59 Å². The maximum atomic E-state index is 10.9. The molecule has 0 aliphatic rings. The normalized spacial score (nSPS) is 10.6. The van der Waals surface area contributed by atoms with Crippen molar-refractivity contribution in [2.75, 3.05) is 0 Å². The summed E-state index contributed by atoms with van der Waals surface area (Å²) in [6, 6.07) is 29.5. The predicted molar refractivity (Wildman–Crippen MR) is 225 cm³/mol. The number of rotatable bonds is 1. The first-order valence-corrected chi connectivity index (χ1v) is 18.2. The number of aromatic amines is 3. The molecule has 290 valence electrons. The average Bonchev–Trinajstić information content (AvgIpc) is 4.04. The molecule has 57 heavy (non-hydrogen) atoms. The van der Waals surface area contributed by atoms with Crippen LogP contribution in [0.4, 0.5) is 0 Å². The number of nitrogens with one attached hydrogen (secondary N) is 3. The van der Waals surface area contributed by atoms with Crippen molar-refractivity contribution in [3.63, 3.8) is 0 Å². The van der Waals surface area contributed by atoms with Gasteiger partial charge in [0.1, 0.15) is 23.5 Å². The van der Waals surface area contributed by atoms with Gasteiger partial charge in [0, 0.05) is 43.8 Å². The van der Waals surface area contributed by atoms with Crippen LogP contribution in [0.15, 0.2) is 120 Å². The van der Waals surface area contributed by atoms with Crippen molar-refractivity contribution in [1.29, 1.82) is 0 Å². The second kappa shape index (κ2) is 17.7. The Labute approximate surface area is 335 Å². The van der Waals surface area contributed by atoms with Crippen molar-refractivity contribution in [2.24, 2.45) is 28.2 Å². The Morgan fingerprint density at radius 2 is 1.26 bits per heavy atom. The molecule has 0 aliphatic heterocycles. The van der Waals surface area contributed by atoms with E-state index in [4.69, 9.17) is 23.2 Å². The lowest BCUT2D eigenvalue weighted by molar-refractivity contribution is 0.768. The Bertz CT molecular complexity index is 3020. The number of nitrogens with zero attached hydrogens (tertiary/aromatic N) is 10. The minimum Gasteiger partial charge on any atom is -0.339 e. The van der Waals surface area contributed by atoms with Crippen LogP contribution in [-0.4, -0.2) is 63.4 Å². The third-order valence-electron chi connectivity index (χ3n) is 8.72. The van der Waals surface area contributed by atoms with Gasteiger partial charge in [-0.05, 0) is 62.4 Å². The first-order valence-electron chi connectivity index (χ1n) is 17.5. The molecule has 0 saturated heterocycles. The lowest BCUT2D eigenvalue weighted by Crippen LogP contribution is -2.21. The van der Waals surface area contributed by atoms with Gasteiger partial charge < -0.3 is 18.7 Å². The van der Waals surface area contributed by atoms with Gasteiger partial charge in [-0.2, -0.15) is 5.10 Å². The summed E-state index contributed by atoms with van der Waals surface area (Å²) in [5.41, 5.74) is 7.02. The molecule has 0 saturated carbocycles. The number of imidazole rings is 4. The zero-order valence-electron chi connectivity index (χ0n) is 31.9. The molecular weight excluding hydrogens is 765 g/mol. The number of aromatic nitrogens is 13. The first kappa shape index (κ1) is 39.8. The summed E-state index contributed by atoms with van der Waals surface area (Å²) in [5, 5.41) is 5.67. The standard InChI is InChI=1S/C9H9ClN2.C9H9N3.C9H10N2.C8H7ClN2.C5H4N4O2/c1-6-11-8-5-7(10)3-4-9(8)12(6)2;1-12-7-10-9(11-12)8-5-3-2-4-6-8;1-7-10-8-5-3-4-6-9(8)11(7)2;1-11-5-10-7-3-2-6(9)4-8(7)11;10-4-2-3(7-1-6-2)8-5(11)9-4/h3-5H,1-2H3;2-7H,1H3;3-6H,1-2H3;2-5H,1H3;1H,(H3,6,7,8,9,10,11). The van der Waals surface area contributed by atoms with E-state index >= 15 is 0 Å². The number of hydrogen-bond acceptors (Lipinski definition) is 8. The largest absolute Gasteiger partial charge is 0.339 e. The van der Waals surface area contributed by atoms with E-state index in [0.717, 1.165) is 60.7 Å². The Morgan fingerprint density at radius 1 is 0.614 bits per heavy atom. The minimum atomic E-state index is -0.547. The number of H-pyrrole nitrogens is 3. The number of halogens is 2. The van der Waals surface area contributed by atoms with Crippen molar-refractivity contribution in [3.05, 3.63) is 153 Å². The number of para-hydroxylation sites is 2. The van der Waals surface area contributed by atoms with Crippen LogP contribution in [0.1, 0.15) is 11.6 Å². The van der Waals surface area contributed by atoms with E-state index in [1.165, 1.54) is 11.8 Å². The molecule has 0 unspecified atom stereocenters. The minimum absolute atomic E-state index is 0.277. The van der Waals surface area contributed by atoms with Crippen LogP contribution in [0.25, 0.3) is 55.7 Å². The molecule has 4 aromatic carbocycles. The van der Waals surface area contributed by atoms with E-state index in [-0.39, 0.29) is 11.2 Å². The Hall–Kier alpha value is -6.84. The van der Waals surface area contributed by atoms with Gasteiger partial charge in [0.25, 0.3) is 5.56 Å². The molecule has 17 heteroatoms. The Balaban J connectivity index is 0.000000120. The van der Waals surface area contributed by atoms with Crippen LogP contribution in [-0.2, 0) is 28.2 Å². The number of fused-ring (bicyclic) bond motifs is 4. The summed E-state index contributed by atoms with van der Waals surface area (Å²) in [4.78, 5) is 49.3. The van der Waals surface area contributed by atoms with Crippen LogP contribution in [0.2, 0.25) is 10.0 Å². The van der Waals surface area contributed by atoms with Gasteiger partial charge in [-0.3, -0.25) is 19.4 Å². The summed E-state index contributed by atoms with van der Waals surface area (Å²) in [7, 11) is 7.84. The van der Waals surface area contributed by atoms with Gasteiger partial charge in [0.2, 0.25) is 0 Å². The van der Waals surface area contributed by atoms with E-state index in [0.29, 0.717) is 0 Å². The van der Waals surface area contributed by atoms with Gasteiger partial charge in [0.05, 0.1) is 45.8 Å². The number of hydrogen-bond donors (Lipinski definition) is 3. The van der Waals surface area contributed by atoms with Gasteiger partial charge in [-0.25, -0.2) is 29.7 Å². The molecule has 0 amide bonds. The van der Waals surface area contributed by atoms with E-state index in [2.05, 4.69) is 55.6 Å². The van der Waals surface area contributed by atoms with Crippen molar-refractivity contribution in [3.8, 4) is 11.4 Å². The molecule has 3 N–H and O–H groups in total. The van der Waals surface area contributed by atoms with Crippen molar-refractivity contribution >= 4 is 67.5 Å². The van der Waals surface area contributed by atoms with Gasteiger partial charge >= 0.3 is 5.69 Å². The fraction of sp³-hybridized carbons (Fsp3) is 0.150. The molecule has 0 aliphatic carbocycles. The average molecular weight is 805 g/mol. The molecule has 6 heterocycles. The summed E-state index contributed by atoms with van der Waals surface area (Å²) in [6.07, 6.45) is 4.82. The molecule has 10 aromatic rings. The third kappa shape index (κ3) is 9.70. The van der Waals surface area contributed by atoms with Gasteiger partial charge in [0.15, 0.2) is 11.5 Å². The SMILES string of the molecule is Cc1nc2cc(Cl)ccc2n1C.Cc1nc2ccccc2n1C.Cn1cnc(-c2ccccc2)n1.Cn1cnc2ccc(Cl)cc21.O=c1[nH]c(=O)c2[nH]cnc2[nH]1. The van der Waals surface area contributed by atoms with Crippen LogP contribution >= 0.6 is 23.2 Å². The maximum absolute atomic E-state index is 10.9. The lowest BCUT2D eigenvalue weighted by Gasteiger charge is -1.95. The number of benzene rings is 4. The zero-order chi connectivity index (χ0) is 40.6. The number of aryl methyl sites for hydroxylation is 6. The van der Waals surface area contributed by atoms with Gasteiger partial charge in [-0.15, -0.1) is 0 Å². The molecule has 0 atom stereocenters. The predicted octanol–water partition coefficient (Wildman–Crippen LogP) is 7.07. The van der Waals surface area contributed by atoms with E-state index in [1.54, 1.807) is 17.3 Å². The molecule has 0 fully saturated rings. The Kier molecular flexibility index (Phi) is 12.4. The molecular formula is C40H39Cl2N13O2. The van der Waals surface area contributed by atoms with Crippen LogP contribution < -0.4 is 11.2 Å². The van der Waals surface area contributed by atoms with Crippen LogP contribution in [0.3, 0.4) is 0 Å². The fourth-order valence-electron chi connectivity index (χ4n) is 5.58. The topological polar surface area (TPSA) is 179 Å². The highest BCUT2D eigenvalue weighted by Crippen LogP contribution is 2.19. The summed E-state index contributed by atoms with van der Waals surface area (Å²) in [6.45, 7) is 3.99. The molecule has 0 spiro atoms. The fourth-order valence-corrected chi connectivity index (χ4v) is 5.92.